The Morgan fingerprint density at radius 3 is 2.65 bits per heavy atom. The van der Waals surface area contributed by atoms with Crippen molar-refractivity contribution in [1.82, 2.24) is 15.6 Å². The summed E-state index contributed by atoms with van der Waals surface area (Å²) in [6, 6.07) is 16.3. The molecule has 0 unspecified atom stereocenters. The number of nitrogens with one attached hydrogen (secondary N) is 2. The van der Waals surface area contributed by atoms with Crippen molar-refractivity contribution in [2.45, 2.75) is 6.92 Å². The van der Waals surface area contributed by atoms with Gasteiger partial charge in [0.1, 0.15) is 11.4 Å². The van der Waals surface area contributed by atoms with Crippen molar-refractivity contribution in [3.8, 4) is 17.0 Å². The summed E-state index contributed by atoms with van der Waals surface area (Å²) in [5, 5.41) is 11.7. The van der Waals surface area contributed by atoms with Crippen LogP contribution in [0.4, 0.5) is 0 Å². The maximum absolute atomic E-state index is 12.3. The van der Waals surface area contributed by atoms with Crippen molar-refractivity contribution in [1.29, 1.82) is 0 Å². The summed E-state index contributed by atoms with van der Waals surface area (Å²) in [6.07, 6.45) is 0. The number of hydrogen-bond donors (Lipinski definition) is 2. The van der Waals surface area contributed by atoms with E-state index in [1.54, 1.807) is 32.2 Å². The fourth-order valence-electron chi connectivity index (χ4n) is 2.38. The van der Waals surface area contributed by atoms with Gasteiger partial charge in [-0.2, -0.15) is 10.2 Å². The Balaban J connectivity index is 1.74. The second-order valence-electron chi connectivity index (χ2n) is 5.51. The zero-order chi connectivity index (χ0) is 18.5. The van der Waals surface area contributed by atoms with Gasteiger partial charge >= 0.3 is 0 Å². The molecule has 0 aliphatic heterocycles. The highest BCUT2D eigenvalue weighted by Gasteiger charge is 2.13. The molecule has 1 heterocycles. The summed E-state index contributed by atoms with van der Waals surface area (Å²) in [5.41, 5.74) is 5.77. The number of ether oxygens (including phenoxy) is 1. The number of methoxy groups -OCH3 is 1. The van der Waals surface area contributed by atoms with Gasteiger partial charge in [-0.15, -0.1) is 0 Å². The Morgan fingerprint density at radius 2 is 1.92 bits per heavy atom. The Labute approximate surface area is 155 Å². The molecule has 0 spiro atoms. The molecule has 7 heteroatoms. The fourth-order valence-corrected chi connectivity index (χ4v) is 2.51. The quantitative estimate of drug-likeness (QED) is 0.529. The molecule has 0 aliphatic rings. The van der Waals surface area contributed by atoms with Crippen LogP contribution >= 0.6 is 11.6 Å². The molecule has 3 rings (SSSR count). The van der Waals surface area contributed by atoms with E-state index in [1.807, 2.05) is 36.4 Å². The van der Waals surface area contributed by atoms with Gasteiger partial charge in [0.15, 0.2) is 0 Å². The molecule has 26 heavy (non-hydrogen) atoms. The number of hydrazone groups is 1. The lowest BCUT2D eigenvalue weighted by Crippen LogP contribution is -2.19. The lowest BCUT2D eigenvalue weighted by Gasteiger charge is -2.04. The number of amides is 1. The second-order valence-corrected chi connectivity index (χ2v) is 5.95. The number of aromatic amines is 1. The summed E-state index contributed by atoms with van der Waals surface area (Å²) >= 11 is 5.87. The number of carbonyl (C=O) groups is 1. The molecule has 0 aliphatic carbocycles. The van der Waals surface area contributed by atoms with Gasteiger partial charge in [0.2, 0.25) is 0 Å². The monoisotopic (exact) mass is 368 g/mol. The summed E-state index contributed by atoms with van der Waals surface area (Å²) in [6.45, 7) is 1.80. The fraction of sp³-hybridized carbons (Fsp3) is 0.105. The smallest absolute Gasteiger partial charge is 0.289 e. The predicted octanol–water partition coefficient (Wildman–Crippen LogP) is 3.89. The Hall–Kier alpha value is -3.12. The molecule has 6 nitrogen and oxygen atoms in total. The molecular formula is C19H17ClN4O2. The molecule has 0 saturated carbocycles. The van der Waals surface area contributed by atoms with E-state index < -0.39 is 0 Å². The van der Waals surface area contributed by atoms with Crippen LogP contribution < -0.4 is 10.2 Å². The molecule has 3 aromatic rings. The zero-order valence-electron chi connectivity index (χ0n) is 14.3. The highest BCUT2D eigenvalue weighted by atomic mass is 35.5. The van der Waals surface area contributed by atoms with Gasteiger partial charge < -0.3 is 4.74 Å². The van der Waals surface area contributed by atoms with Gasteiger partial charge in [-0.3, -0.25) is 9.89 Å². The third-order valence-corrected chi connectivity index (χ3v) is 4.04. The minimum absolute atomic E-state index is 0.304. The van der Waals surface area contributed by atoms with Crippen LogP contribution in [0, 0.1) is 0 Å². The highest BCUT2D eigenvalue weighted by Crippen LogP contribution is 2.28. The number of benzene rings is 2. The third-order valence-electron chi connectivity index (χ3n) is 3.79. The van der Waals surface area contributed by atoms with Crippen LogP contribution in [0.5, 0.6) is 5.75 Å². The first kappa shape index (κ1) is 17.7. The van der Waals surface area contributed by atoms with Crippen LogP contribution in [0.1, 0.15) is 23.0 Å². The zero-order valence-corrected chi connectivity index (χ0v) is 15.0. The maximum Gasteiger partial charge on any atom is 0.289 e. The van der Waals surface area contributed by atoms with Gasteiger partial charge in [-0.25, -0.2) is 5.43 Å². The van der Waals surface area contributed by atoms with E-state index in [4.69, 9.17) is 16.3 Å². The standard InChI is InChI=1S/C19H17ClN4O2/c1-12(13-7-9-14(20)10-8-13)21-24-19(25)17-11-16(22-23-17)15-5-3-4-6-18(15)26-2/h3-11H,1-2H3,(H,22,23)(H,24,25). The SMILES string of the molecule is COc1ccccc1-c1cc(C(=O)NN=C(C)c2ccc(Cl)cc2)[nH]n1. The van der Waals surface area contributed by atoms with Gasteiger partial charge in [0.05, 0.1) is 18.5 Å². The molecule has 0 radical (unpaired) electrons. The van der Waals surface area contributed by atoms with Crippen LogP contribution in [-0.4, -0.2) is 28.9 Å². The van der Waals surface area contributed by atoms with E-state index in [1.165, 1.54) is 0 Å². The average molecular weight is 369 g/mol. The molecule has 2 N–H and O–H groups in total. The lowest BCUT2D eigenvalue weighted by molar-refractivity contribution is 0.0950. The number of para-hydroxylation sites is 1. The van der Waals surface area contributed by atoms with Crippen LogP contribution in [0.25, 0.3) is 11.3 Å². The first-order valence-corrected chi connectivity index (χ1v) is 8.25. The van der Waals surface area contributed by atoms with Crippen LogP contribution in [0.15, 0.2) is 59.7 Å². The normalized spacial score (nSPS) is 11.3. The summed E-state index contributed by atoms with van der Waals surface area (Å²) in [5.74, 6) is 0.300. The Morgan fingerprint density at radius 1 is 1.19 bits per heavy atom. The summed E-state index contributed by atoms with van der Waals surface area (Å²) < 4.78 is 5.32. The van der Waals surface area contributed by atoms with E-state index in [0.717, 1.165) is 11.1 Å². The molecule has 0 fully saturated rings. The average Bonchev–Trinajstić information content (AvgIpc) is 3.16. The number of nitrogens with zero attached hydrogens (tertiary/aromatic N) is 2. The van der Waals surface area contributed by atoms with Crippen molar-refractivity contribution in [3.63, 3.8) is 0 Å². The minimum Gasteiger partial charge on any atom is -0.496 e. The number of hydrogen-bond acceptors (Lipinski definition) is 4. The second kappa shape index (κ2) is 7.84. The van der Waals surface area contributed by atoms with E-state index in [0.29, 0.717) is 27.9 Å². The summed E-state index contributed by atoms with van der Waals surface area (Å²) in [4.78, 5) is 12.3. The molecule has 0 bridgehead atoms. The summed E-state index contributed by atoms with van der Waals surface area (Å²) in [7, 11) is 1.59. The first-order chi connectivity index (χ1) is 12.6. The van der Waals surface area contributed by atoms with Crippen molar-refractivity contribution in [3.05, 3.63) is 70.9 Å². The van der Waals surface area contributed by atoms with Gasteiger partial charge in [0.25, 0.3) is 5.91 Å². The molecule has 2 aromatic carbocycles. The molecule has 0 saturated heterocycles. The molecule has 0 atom stereocenters. The van der Waals surface area contributed by atoms with E-state index in [2.05, 4.69) is 20.7 Å². The minimum atomic E-state index is -0.382. The Bertz CT molecular complexity index is 948. The van der Waals surface area contributed by atoms with Crippen molar-refractivity contribution in [2.24, 2.45) is 5.10 Å². The maximum atomic E-state index is 12.3. The van der Waals surface area contributed by atoms with Crippen LogP contribution in [0.2, 0.25) is 5.02 Å². The Kier molecular flexibility index (Phi) is 5.34. The number of halogens is 1. The molecular weight excluding hydrogens is 352 g/mol. The van der Waals surface area contributed by atoms with Crippen molar-refractivity contribution in [2.75, 3.05) is 7.11 Å². The van der Waals surface area contributed by atoms with Gasteiger partial charge in [-0.1, -0.05) is 35.9 Å². The number of rotatable bonds is 5. The highest BCUT2D eigenvalue weighted by molar-refractivity contribution is 6.30. The van der Waals surface area contributed by atoms with E-state index >= 15 is 0 Å². The van der Waals surface area contributed by atoms with Gasteiger partial charge in [0, 0.05) is 10.6 Å². The first-order valence-electron chi connectivity index (χ1n) is 7.88. The van der Waals surface area contributed by atoms with Crippen molar-refractivity contribution >= 4 is 23.2 Å². The molecule has 1 aromatic heterocycles. The largest absolute Gasteiger partial charge is 0.496 e. The lowest BCUT2D eigenvalue weighted by atomic mass is 10.1. The molecule has 132 valence electrons. The van der Waals surface area contributed by atoms with E-state index in [-0.39, 0.29) is 5.91 Å². The topological polar surface area (TPSA) is 79.4 Å². The van der Waals surface area contributed by atoms with Crippen molar-refractivity contribution < 1.29 is 9.53 Å². The van der Waals surface area contributed by atoms with Crippen LogP contribution in [-0.2, 0) is 0 Å². The van der Waals surface area contributed by atoms with E-state index in [9.17, 15) is 4.79 Å². The van der Waals surface area contributed by atoms with Gasteiger partial charge in [-0.05, 0) is 42.8 Å². The molecule has 1 amide bonds. The van der Waals surface area contributed by atoms with Crippen LogP contribution in [0.3, 0.4) is 0 Å². The third kappa shape index (κ3) is 3.92. The number of H-pyrrole nitrogens is 1. The number of carbonyl (C=O) groups excluding carboxylic acids is 1. The predicted molar refractivity (Wildman–Crippen MR) is 102 cm³/mol. The number of aromatic nitrogens is 2.